The van der Waals surface area contributed by atoms with Gasteiger partial charge in [0.1, 0.15) is 17.2 Å². The number of halogens is 1. The minimum atomic E-state index is -1.01. The number of amides is 2. The van der Waals surface area contributed by atoms with Crippen molar-refractivity contribution in [1.82, 2.24) is 10.2 Å². The standard InChI is InChI=1S/C33H34FN3O4.CH3.W/c34-24-13-11-23(12-14-24)32(40)37-19-16-26(17-20-37)36-31(39)29-27-15-18-33(41-27,30(29)38)28(21-22-7-3-1-4-8-22)35-25-9-5-2-6-10-25;;/h1-14,26-28,35,38H,15-21H2,(H,36,39);1H3;/q;-1;. The van der Waals surface area contributed by atoms with E-state index in [0.29, 0.717) is 56.3 Å². The van der Waals surface area contributed by atoms with E-state index in [0.717, 1.165) is 11.3 Å². The summed E-state index contributed by atoms with van der Waals surface area (Å²) in [4.78, 5) is 28.0. The van der Waals surface area contributed by atoms with Gasteiger partial charge in [-0.25, -0.2) is 4.39 Å². The van der Waals surface area contributed by atoms with Crippen LogP contribution in [0.5, 0.6) is 0 Å². The third-order valence-electron chi connectivity index (χ3n) is 8.52. The molecule has 2 fully saturated rings. The number of fused-ring (bicyclic) bond motifs is 2. The number of carbonyl (C=O) groups is 2. The summed E-state index contributed by atoms with van der Waals surface area (Å²) in [6, 6.07) is 25.0. The second kappa shape index (κ2) is 13.9. The molecule has 9 heteroatoms. The van der Waals surface area contributed by atoms with E-state index < -0.39 is 11.7 Å². The number of piperidine rings is 1. The monoisotopic (exact) mass is 754 g/mol. The third kappa shape index (κ3) is 6.71. The fraction of sp³-hybridized carbons (Fsp3) is 0.324. The van der Waals surface area contributed by atoms with Gasteiger partial charge in [0, 0.05) is 51.4 Å². The number of carbonyl (C=O) groups excluding carboxylic acids is 2. The summed E-state index contributed by atoms with van der Waals surface area (Å²) in [6.45, 7) is 0.965. The van der Waals surface area contributed by atoms with Crippen LogP contribution in [0.3, 0.4) is 0 Å². The first-order valence-corrected chi connectivity index (χ1v) is 14.3. The summed E-state index contributed by atoms with van der Waals surface area (Å²) in [5.41, 5.74) is 1.78. The number of para-hydroxylation sites is 1. The molecule has 3 atom stereocenters. The molecule has 6 rings (SSSR count). The van der Waals surface area contributed by atoms with Crippen LogP contribution in [0.1, 0.15) is 41.6 Å². The Hall–Kier alpha value is -3.48. The number of rotatable bonds is 8. The number of aliphatic hydroxyl groups is 1. The molecule has 7 nitrogen and oxygen atoms in total. The fourth-order valence-corrected chi connectivity index (χ4v) is 6.33. The molecule has 0 aromatic heterocycles. The molecule has 3 aliphatic heterocycles. The van der Waals surface area contributed by atoms with Crippen LogP contribution in [0.4, 0.5) is 10.1 Å². The van der Waals surface area contributed by atoms with E-state index in [1.807, 2.05) is 48.5 Å². The Kier molecular flexibility index (Phi) is 10.5. The Morgan fingerprint density at radius 2 is 1.58 bits per heavy atom. The summed E-state index contributed by atoms with van der Waals surface area (Å²) < 4.78 is 19.7. The summed E-state index contributed by atoms with van der Waals surface area (Å²) >= 11 is 0. The van der Waals surface area contributed by atoms with E-state index in [2.05, 4.69) is 22.8 Å². The van der Waals surface area contributed by atoms with Gasteiger partial charge in [0.05, 0.1) is 17.7 Å². The predicted molar refractivity (Wildman–Crippen MR) is 160 cm³/mol. The van der Waals surface area contributed by atoms with Crippen LogP contribution in [0.2, 0.25) is 0 Å². The predicted octanol–water partition coefficient (Wildman–Crippen LogP) is 5.46. The Bertz CT molecular complexity index is 1390. The number of nitrogens with zero attached hydrogens (tertiary/aromatic N) is 1. The molecule has 3 aromatic carbocycles. The normalized spacial score (nSPS) is 21.9. The van der Waals surface area contributed by atoms with Crippen LogP contribution in [-0.2, 0) is 37.0 Å². The molecule has 226 valence electrons. The SMILES string of the molecule is O=C(NC1CCN(C(=O)c2ccc(F)cc2)CC1)C1=C(O)C2(C(Cc3ccccc3)Nc3ccccc3)CCC1O2.[CH3-].[W]. The van der Waals surface area contributed by atoms with Crippen molar-refractivity contribution in [1.29, 1.82) is 0 Å². The molecule has 3 heterocycles. The van der Waals surface area contributed by atoms with Crippen molar-refractivity contribution in [2.24, 2.45) is 0 Å². The molecule has 43 heavy (non-hydrogen) atoms. The molecule has 2 amide bonds. The van der Waals surface area contributed by atoms with Gasteiger partial charge >= 0.3 is 0 Å². The number of nitrogens with one attached hydrogen (secondary N) is 2. The zero-order valence-electron chi connectivity index (χ0n) is 24.2. The number of aliphatic hydroxyl groups excluding tert-OH is 1. The Morgan fingerprint density at radius 1 is 0.953 bits per heavy atom. The molecule has 0 aliphatic carbocycles. The molecular weight excluding hydrogens is 717 g/mol. The zero-order valence-corrected chi connectivity index (χ0v) is 27.1. The third-order valence-corrected chi connectivity index (χ3v) is 8.52. The van der Waals surface area contributed by atoms with Gasteiger partial charge in [-0.1, -0.05) is 48.5 Å². The maximum atomic E-state index is 13.5. The minimum absolute atomic E-state index is 0. The van der Waals surface area contributed by atoms with E-state index in [1.54, 1.807) is 4.90 Å². The van der Waals surface area contributed by atoms with E-state index in [1.165, 1.54) is 24.3 Å². The summed E-state index contributed by atoms with van der Waals surface area (Å²) in [7, 11) is 0. The molecule has 2 bridgehead atoms. The summed E-state index contributed by atoms with van der Waals surface area (Å²) in [5, 5.41) is 18.3. The smallest absolute Gasteiger partial charge is 0.253 e. The molecule has 3 aliphatic rings. The van der Waals surface area contributed by atoms with Gasteiger partial charge in [-0.15, -0.1) is 0 Å². The van der Waals surface area contributed by atoms with Gasteiger partial charge in [-0.05, 0) is 74.1 Å². The van der Waals surface area contributed by atoms with Gasteiger partial charge in [0.2, 0.25) is 0 Å². The number of hydrogen-bond donors (Lipinski definition) is 3. The molecule has 0 radical (unpaired) electrons. The van der Waals surface area contributed by atoms with Crippen LogP contribution < -0.4 is 10.6 Å². The van der Waals surface area contributed by atoms with Gasteiger partial charge in [-0.2, -0.15) is 0 Å². The molecule has 2 saturated heterocycles. The maximum absolute atomic E-state index is 13.5. The van der Waals surface area contributed by atoms with E-state index in [-0.39, 0.29) is 64.0 Å². The molecule has 3 N–H and O–H groups in total. The van der Waals surface area contributed by atoms with Crippen molar-refractivity contribution in [3.63, 3.8) is 0 Å². The van der Waals surface area contributed by atoms with Gasteiger partial charge < -0.3 is 32.8 Å². The Labute approximate surface area is 266 Å². The second-order valence-electron chi connectivity index (χ2n) is 11.1. The first-order valence-electron chi connectivity index (χ1n) is 14.3. The van der Waals surface area contributed by atoms with Gasteiger partial charge in [0.15, 0.2) is 0 Å². The largest absolute Gasteiger partial charge is 0.509 e. The first-order chi connectivity index (χ1) is 19.9. The van der Waals surface area contributed by atoms with E-state index >= 15 is 0 Å². The van der Waals surface area contributed by atoms with E-state index in [4.69, 9.17) is 4.74 Å². The van der Waals surface area contributed by atoms with Crippen molar-refractivity contribution in [3.8, 4) is 0 Å². The van der Waals surface area contributed by atoms with Crippen molar-refractivity contribution in [2.45, 2.75) is 55.9 Å². The molecule has 3 unspecified atom stereocenters. The fourth-order valence-electron chi connectivity index (χ4n) is 6.33. The van der Waals surface area contributed by atoms with Gasteiger partial charge in [-0.3, -0.25) is 9.59 Å². The summed E-state index contributed by atoms with van der Waals surface area (Å²) in [5.74, 6) is -0.821. The second-order valence-corrected chi connectivity index (χ2v) is 11.1. The number of anilines is 1. The molecule has 0 spiro atoms. The van der Waals surface area contributed by atoms with Crippen LogP contribution >= 0.6 is 0 Å². The maximum Gasteiger partial charge on any atom is 0.253 e. The average molecular weight is 755 g/mol. The topological polar surface area (TPSA) is 90.9 Å². The van der Waals surface area contributed by atoms with Crippen molar-refractivity contribution < 1.29 is 44.9 Å². The number of benzene rings is 3. The minimum Gasteiger partial charge on any atom is -0.509 e. The zero-order chi connectivity index (χ0) is 28.4. The number of hydrogen-bond acceptors (Lipinski definition) is 5. The van der Waals surface area contributed by atoms with Crippen LogP contribution in [-0.4, -0.2) is 58.7 Å². The van der Waals surface area contributed by atoms with Crippen LogP contribution in [0.25, 0.3) is 0 Å². The summed E-state index contributed by atoms with van der Waals surface area (Å²) in [6.07, 6.45) is 2.60. The first kappa shape index (κ1) is 32.4. The van der Waals surface area contributed by atoms with Crippen LogP contribution in [0, 0.1) is 13.2 Å². The van der Waals surface area contributed by atoms with E-state index in [9.17, 15) is 19.1 Å². The molecule has 3 aromatic rings. The van der Waals surface area contributed by atoms with Crippen molar-refractivity contribution in [3.05, 3.63) is 121 Å². The number of likely N-dealkylation sites (tertiary alicyclic amines) is 1. The van der Waals surface area contributed by atoms with Crippen molar-refractivity contribution in [2.75, 3.05) is 18.4 Å². The molecular formula is C34H37FN3O4W-. The van der Waals surface area contributed by atoms with Crippen LogP contribution in [0.15, 0.2) is 96.3 Å². The Morgan fingerprint density at radius 3 is 2.23 bits per heavy atom. The Balaban J connectivity index is 0.00000212. The quantitative estimate of drug-likeness (QED) is 0.266. The van der Waals surface area contributed by atoms with Crippen molar-refractivity contribution >= 4 is 17.5 Å². The average Bonchev–Trinajstić information content (AvgIpc) is 3.56. The molecule has 0 saturated carbocycles. The van der Waals surface area contributed by atoms with Gasteiger partial charge in [0.25, 0.3) is 11.8 Å². The number of ether oxygens (including phenoxy) is 1.